The van der Waals surface area contributed by atoms with Crippen LogP contribution in [0, 0.1) is 0 Å². The van der Waals surface area contributed by atoms with Crippen molar-refractivity contribution >= 4 is 16.9 Å². The second-order valence-electron chi connectivity index (χ2n) is 6.01. The van der Waals surface area contributed by atoms with Crippen LogP contribution in [0.15, 0.2) is 24.3 Å². The number of rotatable bonds is 2. The molecule has 0 N–H and O–H groups in total. The molecule has 1 aliphatic carbocycles. The fourth-order valence-corrected chi connectivity index (χ4v) is 3.50. The molecule has 0 bridgehead atoms. The summed E-state index contributed by atoms with van der Waals surface area (Å²) in [7, 11) is 0. The molecule has 0 atom stereocenters. The Kier molecular flexibility index (Phi) is 3.47. The molecule has 2 aliphatic rings. The molecule has 2 fully saturated rings. The number of nitrogens with zero attached hydrogens (tertiary/aromatic N) is 3. The Bertz CT molecular complexity index is 631. The summed E-state index contributed by atoms with van der Waals surface area (Å²) in [4.78, 5) is 12.0. The predicted octanol–water partition coefficient (Wildman–Crippen LogP) is 3.12. The van der Waals surface area contributed by atoms with Gasteiger partial charge in [-0.15, -0.1) is 0 Å². The van der Waals surface area contributed by atoms with Crippen molar-refractivity contribution in [1.82, 2.24) is 9.97 Å². The van der Waals surface area contributed by atoms with Crippen molar-refractivity contribution in [1.29, 1.82) is 0 Å². The van der Waals surface area contributed by atoms with Gasteiger partial charge in [0.25, 0.3) is 0 Å². The van der Waals surface area contributed by atoms with Gasteiger partial charge >= 0.3 is 0 Å². The third-order valence-corrected chi connectivity index (χ3v) is 4.66. The second kappa shape index (κ2) is 5.60. The Morgan fingerprint density at radius 3 is 2.57 bits per heavy atom. The van der Waals surface area contributed by atoms with Crippen molar-refractivity contribution in [3.05, 3.63) is 30.0 Å². The number of ether oxygens (including phenoxy) is 1. The summed E-state index contributed by atoms with van der Waals surface area (Å²) < 4.78 is 5.44. The number of aromatic nitrogens is 2. The molecule has 1 aromatic carbocycles. The van der Waals surface area contributed by atoms with Crippen LogP contribution in [0.2, 0.25) is 0 Å². The SMILES string of the molecule is c1ccc2c(C3CCCC3)nc(N3CCOCC3)nc2c1. The van der Waals surface area contributed by atoms with E-state index in [-0.39, 0.29) is 0 Å². The molecule has 0 radical (unpaired) electrons. The van der Waals surface area contributed by atoms with Gasteiger partial charge in [-0.25, -0.2) is 9.97 Å². The maximum absolute atomic E-state index is 5.44. The predicted molar refractivity (Wildman–Crippen MR) is 83.8 cm³/mol. The van der Waals surface area contributed by atoms with Gasteiger partial charge in [-0.2, -0.15) is 0 Å². The summed E-state index contributed by atoms with van der Waals surface area (Å²) in [5, 5.41) is 1.24. The van der Waals surface area contributed by atoms with E-state index in [9.17, 15) is 0 Å². The molecule has 1 aromatic heterocycles. The number of morpholine rings is 1. The minimum absolute atomic E-state index is 0.609. The van der Waals surface area contributed by atoms with Crippen LogP contribution in [0.3, 0.4) is 0 Å². The zero-order chi connectivity index (χ0) is 14.1. The Morgan fingerprint density at radius 2 is 1.76 bits per heavy atom. The second-order valence-corrected chi connectivity index (χ2v) is 6.01. The van der Waals surface area contributed by atoms with E-state index in [4.69, 9.17) is 14.7 Å². The minimum Gasteiger partial charge on any atom is -0.378 e. The topological polar surface area (TPSA) is 38.2 Å². The lowest BCUT2D eigenvalue weighted by molar-refractivity contribution is 0.122. The highest BCUT2D eigenvalue weighted by molar-refractivity contribution is 5.82. The first-order valence-corrected chi connectivity index (χ1v) is 8.01. The molecule has 4 rings (SSSR count). The Balaban J connectivity index is 1.80. The fourth-order valence-electron chi connectivity index (χ4n) is 3.50. The van der Waals surface area contributed by atoms with E-state index in [2.05, 4.69) is 29.2 Å². The monoisotopic (exact) mass is 283 g/mol. The van der Waals surface area contributed by atoms with Gasteiger partial charge in [-0.05, 0) is 18.9 Å². The molecule has 0 amide bonds. The summed E-state index contributed by atoms with van der Waals surface area (Å²) >= 11 is 0. The molecule has 0 unspecified atom stereocenters. The molecule has 2 heterocycles. The van der Waals surface area contributed by atoms with E-state index in [0.717, 1.165) is 37.8 Å². The number of hydrogen-bond acceptors (Lipinski definition) is 4. The van der Waals surface area contributed by atoms with Crippen LogP contribution < -0.4 is 4.90 Å². The van der Waals surface area contributed by atoms with Crippen LogP contribution in [-0.4, -0.2) is 36.3 Å². The lowest BCUT2D eigenvalue weighted by Crippen LogP contribution is -2.37. The largest absolute Gasteiger partial charge is 0.378 e. The van der Waals surface area contributed by atoms with Crippen LogP contribution >= 0.6 is 0 Å². The zero-order valence-electron chi connectivity index (χ0n) is 12.3. The molecule has 2 aromatic rings. The zero-order valence-corrected chi connectivity index (χ0v) is 12.3. The van der Waals surface area contributed by atoms with Gasteiger partial charge in [-0.3, -0.25) is 0 Å². The van der Waals surface area contributed by atoms with Crippen LogP contribution in [0.4, 0.5) is 5.95 Å². The van der Waals surface area contributed by atoms with Crippen molar-refractivity contribution < 1.29 is 4.74 Å². The number of para-hydroxylation sites is 1. The fraction of sp³-hybridized carbons (Fsp3) is 0.529. The number of hydrogen-bond donors (Lipinski definition) is 0. The van der Waals surface area contributed by atoms with E-state index >= 15 is 0 Å². The van der Waals surface area contributed by atoms with E-state index in [1.165, 1.54) is 36.8 Å². The lowest BCUT2D eigenvalue weighted by Gasteiger charge is -2.27. The van der Waals surface area contributed by atoms with Crippen LogP contribution in [0.1, 0.15) is 37.3 Å². The smallest absolute Gasteiger partial charge is 0.226 e. The number of anilines is 1. The van der Waals surface area contributed by atoms with Gasteiger partial charge in [0.05, 0.1) is 24.4 Å². The molecule has 21 heavy (non-hydrogen) atoms. The third kappa shape index (κ3) is 2.48. The Labute approximate surface area is 125 Å². The molecular weight excluding hydrogens is 262 g/mol. The molecule has 0 spiro atoms. The minimum atomic E-state index is 0.609. The molecule has 4 nitrogen and oxygen atoms in total. The van der Waals surface area contributed by atoms with Gasteiger partial charge in [0.2, 0.25) is 5.95 Å². The molecule has 110 valence electrons. The maximum atomic E-state index is 5.44. The number of fused-ring (bicyclic) bond motifs is 1. The normalized spacial score (nSPS) is 20.3. The summed E-state index contributed by atoms with van der Waals surface area (Å²) in [6.45, 7) is 3.33. The highest BCUT2D eigenvalue weighted by Crippen LogP contribution is 2.37. The Morgan fingerprint density at radius 1 is 1.00 bits per heavy atom. The van der Waals surface area contributed by atoms with Crippen molar-refractivity contribution in [3.63, 3.8) is 0 Å². The van der Waals surface area contributed by atoms with Crippen LogP contribution in [-0.2, 0) is 4.74 Å². The van der Waals surface area contributed by atoms with Crippen molar-refractivity contribution in [3.8, 4) is 0 Å². The highest BCUT2D eigenvalue weighted by Gasteiger charge is 2.23. The van der Waals surface area contributed by atoms with E-state index in [1.54, 1.807) is 0 Å². The van der Waals surface area contributed by atoms with E-state index in [0.29, 0.717) is 5.92 Å². The van der Waals surface area contributed by atoms with Crippen molar-refractivity contribution in [2.45, 2.75) is 31.6 Å². The average molecular weight is 283 g/mol. The van der Waals surface area contributed by atoms with Crippen molar-refractivity contribution in [2.24, 2.45) is 0 Å². The van der Waals surface area contributed by atoms with Gasteiger partial charge in [0.1, 0.15) is 0 Å². The summed E-state index contributed by atoms with van der Waals surface area (Å²) in [5.41, 5.74) is 2.34. The standard InChI is InChI=1S/C17H21N3O/c1-2-6-13(5-1)16-14-7-3-4-8-15(14)18-17(19-16)20-9-11-21-12-10-20/h3-4,7-8,13H,1-2,5-6,9-12H2. The third-order valence-electron chi connectivity index (χ3n) is 4.66. The molecule has 1 saturated heterocycles. The molecule has 1 saturated carbocycles. The van der Waals surface area contributed by atoms with Crippen LogP contribution in [0.25, 0.3) is 10.9 Å². The quantitative estimate of drug-likeness (QED) is 0.848. The van der Waals surface area contributed by atoms with Gasteiger partial charge < -0.3 is 9.64 Å². The molecule has 4 heteroatoms. The van der Waals surface area contributed by atoms with Gasteiger partial charge in [-0.1, -0.05) is 31.0 Å². The molecule has 1 aliphatic heterocycles. The number of benzene rings is 1. The van der Waals surface area contributed by atoms with Crippen molar-refractivity contribution in [2.75, 3.05) is 31.2 Å². The van der Waals surface area contributed by atoms with Crippen LogP contribution in [0.5, 0.6) is 0 Å². The van der Waals surface area contributed by atoms with Gasteiger partial charge in [0.15, 0.2) is 0 Å². The summed E-state index contributed by atoms with van der Waals surface area (Å²) in [6.07, 6.45) is 5.19. The summed E-state index contributed by atoms with van der Waals surface area (Å²) in [5.74, 6) is 1.50. The first-order chi connectivity index (χ1) is 10.4. The van der Waals surface area contributed by atoms with Gasteiger partial charge in [0, 0.05) is 24.4 Å². The maximum Gasteiger partial charge on any atom is 0.226 e. The average Bonchev–Trinajstić information content (AvgIpc) is 3.09. The first kappa shape index (κ1) is 13.0. The first-order valence-electron chi connectivity index (χ1n) is 8.01. The lowest BCUT2D eigenvalue weighted by atomic mass is 9.99. The van der Waals surface area contributed by atoms with E-state index in [1.807, 2.05) is 0 Å². The summed E-state index contributed by atoms with van der Waals surface area (Å²) in [6, 6.07) is 8.45. The molecular formula is C17H21N3O. The highest BCUT2D eigenvalue weighted by atomic mass is 16.5. The Hall–Kier alpha value is -1.68. The van der Waals surface area contributed by atoms with E-state index < -0.39 is 0 Å².